The van der Waals surface area contributed by atoms with Crippen molar-refractivity contribution in [3.8, 4) is 28.3 Å². The topological polar surface area (TPSA) is 43.9 Å². The van der Waals surface area contributed by atoms with Crippen molar-refractivity contribution in [1.29, 1.82) is 0 Å². The number of halogens is 1. The number of aryl methyl sites for hydroxylation is 1. The molecule has 277 valence electrons. The third kappa shape index (κ3) is 7.69. The van der Waals surface area contributed by atoms with Crippen LogP contribution in [0.5, 0.6) is 0 Å². The van der Waals surface area contributed by atoms with E-state index in [1.54, 1.807) is 39.0 Å². The van der Waals surface area contributed by atoms with Crippen LogP contribution in [0.3, 0.4) is 0 Å². The summed E-state index contributed by atoms with van der Waals surface area (Å²) in [6, 6.07) is 38.7. The van der Waals surface area contributed by atoms with Crippen LogP contribution in [-0.4, -0.2) is 14.5 Å². The second-order valence-electron chi connectivity index (χ2n) is 14.9. The number of benzene rings is 5. The monoisotopic (exact) mass is 897 g/mol. The van der Waals surface area contributed by atoms with Gasteiger partial charge in [0.15, 0.2) is 11.4 Å². The maximum absolute atomic E-state index is 14.6. The average Bonchev–Trinajstić information content (AvgIpc) is 3.77. The van der Waals surface area contributed by atoms with Crippen molar-refractivity contribution in [2.45, 2.75) is 73.5 Å². The Balaban J connectivity index is 0.000000213. The van der Waals surface area contributed by atoms with Gasteiger partial charge in [0.1, 0.15) is 0 Å². The first-order valence-electron chi connectivity index (χ1n) is 20.5. The minimum atomic E-state index is -2.42. The second-order valence-corrected chi connectivity index (χ2v) is 14.9. The van der Waals surface area contributed by atoms with Crippen molar-refractivity contribution < 1.29 is 35.8 Å². The molecule has 0 unspecified atom stereocenters. The van der Waals surface area contributed by atoms with E-state index in [1.165, 1.54) is 23.4 Å². The Morgan fingerprint density at radius 2 is 1.54 bits per heavy atom. The van der Waals surface area contributed by atoms with Crippen LogP contribution in [0.25, 0.3) is 61.3 Å². The molecule has 5 aromatic carbocycles. The van der Waals surface area contributed by atoms with E-state index in [9.17, 15) is 4.39 Å². The molecule has 3 aromatic heterocycles. The van der Waals surface area contributed by atoms with Gasteiger partial charge in [0, 0.05) is 44.2 Å². The molecule has 54 heavy (non-hydrogen) atoms. The molecule has 3 heterocycles. The van der Waals surface area contributed by atoms with Gasteiger partial charge in [-0.05, 0) is 71.1 Å². The second kappa shape index (κ2) is 15.8. The van der Waals surface area contributed by atoms with Crippen LogP contribution in [0.1, 0.15) is 89.4 Å². The fourth-order valence-corrected chi connectivity index (χ4v) is 6.75. The Morgan fingerprint density at radius 1 is 0.833 bits per heavy atom. The Kier molecular flexibility index (Phi) is 9.53. The molecule has 1 radical (unpaired) electrons. The Morgan fingerprint density at radius 3 is 2.22 bits per heavy atom. The average molecular weight is 897 g/mol. The number of nitrogens with zero attached hydrogens (tertiary/aromatic N) is 3. The van der Waals surface area contributed by atoms with Crippen LogP contribution >= 0.6 is 0 Å². The quantitative estimate of drug-likeness (QED) is 0.156. The summed E-state index contributed by atoms with van der Waals surface area (Å²) in [5, 5.41) is 1.61. The summed E-state index contributed by atoms with van der Waals surface area (Å²) >= 11 is 0. The molecule has 0 aliphatic heterocycles. The van der Waals surface area contributed by atoms with Gasteiger partial charge in [0.25, 0.3) is 0 Å². The molecular formula is C48H46FIrN3O-2. The maximum Gasteiger partial charge on any atom is 0.165 e. The number of rotatable bonds is 6. The van der Waals surface area contributed by atoms with Crippen LogP contribution in [-0.2, 0) is 26.5 Å². The van der Waals surface area contributed by atoms with E-state index < -0.39 is 18.6 Å². The van der Waals surface area contributed by atoms with Crippen LogP contribution in [0.15, 0.2) is 114 Å². The summed E-state index contributed by atoms with van der Waals surface area (Å²) < 4.78 is 63.1. The van der Waals surface area contributed by atoms with E-state index in [1.807, 2.05) is 54.6 Å². The van der Waals surface area contributed by atoms with Gasteiger partial charge in [-0.1, -0.05) is 114 Å². The van der Waals surface area contributed by atoms with E-state index in [-0.39, 0.29) is 42.6 Å². The van der Waals surface area contributed by atoms with E-state index in [2.05, 4.69) is 73.6 Å². The fourth-order valence-electron chi connectivity index (χ4n) is 6.75. The van der Waals surface area contributed by atoms with E-state index in [0.717, 1.165) is 38.9 Å². The molecule has 0 aliphatic carbocycles. The summed E-state index contributed by atoms with van der Waals surface area (Å²) in [5.41, 5.74) is 7.72. The summed E-state index contributed by atoms with van der Waals surface area (Å²) in [7, 11) is 0. The smallest absolute Gasteiger partial charge is 0.165 e. The summed E-state index contributed by atoms with van der Waals surface area (Å²) in [6.45, 7) is 11.7. The predicted molar refractivity (Wildman–Crippen MR) is 217 cm³/mol. The third-order valence-corrected chi connectivity index (χ3v) is 9.16. The molecule has 0 amide bonds. The molecule has 0 aliphatic rings. The van der Waals surface area contributed by atoms with Gasteiger partial charge in [-0.2, -0.15) is 0 Å². The van der Waals surface area contributed by atoms with Crippen LogP contribution in [0.4, 0.5) is 4.39 Å². The van der Waals surface area contributed by atoms with Crippen molar-refractivity contribution in [3.63, 3.8) is 0 Å². The predicted octanol–water partition coefficient (Wildman–Crippen LogP) is 13.2. The summed E-state index contributed by atoms with van der Waals surface area (Å²) in [5.74, 6) is 1.01. The van der Waals surface area contributed by atoms with Crippen LogP contribution in [0, 0.1) is 30.2 Å². The van der Waals surface area contributed by atoms with Crippen molar-refractivity contribution in [3.05, 3.63) is 150 Å². The molecule has 8 rings (SSSR count). The largest absolute Gasteiger partial charge is 0.497 e. The molecule has 0 fully saturated rings. The fraction of sp³-hybridized carbons (Fsp3) is 0.250. The third-order valence-electron chi connectivity index (χ3n) is 9.16. The van der Waals surface area contributed by atoms with Crippen LogP contribution in [0.2, 0.25) is 0 Å². The molecule has 0 N–H and O–H groups in total. The molecular weight excluding hydrogens is 846 g/mol. The number of aromatic nitrogens is 3. The Hall–Kier alpha value is -4.90. The number of para-hydroxylation sites is 4. The Bertz CT molecular complexity index is 2740. The first-order chi connectivity index (χ1) is 27.4. The molecule has 0 saturated heterocycles. The van der Waals surface area contributed by atoms with Gasteiger partial charge in [-0.25, -0.2) is 4.39 Å². The first kappa shape index (κ1) is 32.5. The SMILES string of the molecule is CC(C)c1cccc(C(C)C)c1-n1c(-c2[c-]ccc3c2oc2c(F)cccc23)nc2ccccc21.[2H]C([2H])([2H])c1cnc(-c2[c-]cccc2)cc1C([2H])([2H])C(C)(C)C.[Ir]. The standard InChI is InChI=1S/C31H26FN2O.C17H20N.Ir/c1-18(2)20-10-7-11-21(19(3)4)28(20)34-27-17-6-5-16-26(27)33-31(34)24-14-8-12-22-23-13-9-15-25(32)30(23)35-29(22)24;1-13-12-18-16(14-8-6-5-7-9-14)10-15(13)11-17(2,3)4;/h5-13,15-19H,1-4H3;5-8,10,12H,11H2,1-4H3;/q2*-1;/i;1D3,11D2;. The van der Waals surface area contributed by atoms with Crippen molar-refractivity contribution in [2.24, 2.45) is 5.41 Å². The molecule has 0 atom stereocenters. The van der Waals surface area contributed by atoms with Gasteiger partial charge in [0.05, 0.1) is 22.4 Å². The van der Waals surface area contributed by atoms with E-state index >= 15 is 0 Å². The van der Waals surface area contributed by atoms with Crippen molar-refractivity contribution in [2.75, 3.05) is 0 Å². The number of hydrogen-bond acceptors (Lipinski definition) is 3. The molecule has 0 saturated carbocycles. The number of imidazole rings is 1. The molecule has 0 spiro atoms. The molecule has 8 aromatic rings. The van der Waals surface area contributed by atoms with Crippen molar-refractivity contribution >= 4 is 33.0 Å². The minimum absolute atomic E-state index is 0. The van der Waals surface area contributed by atoms with E-state index in [4.69, 9.17) is 16.3 Å². The maximum atomic E-state index is 14.6. The first-order valence-corrected chi connectivity index (χ1v) is 18.0. The zero-order valence-corrected chi connectivity index (χ0v) is 33.9. The Labute approximate surface area is 338 Å². The summed E-state index contributed by atoms with van der Waals surface area (Å²) in [6.07, 6.45) is -0.550. The van der Waals surface area contributed by atoms with Gasteiger partial charge in [-0.3, -0.25) is 4.98 Å². The number of pyridine rings is 1. The zero-order chi connectivity index (χ0) is 41.7. The van der Waals surface area contributed by atoms with Crippen LogP contribution < -0.4 is 0 Å². The number of furan rings is 1. The van der Waals surface area contributed by atoms with Gasteiger partial charge in [0.2, 0.25) is 0 Å². The number of fused-ring (bicyclic) bond motifs is 4. The van der Waals surface area contributed by atoms with Gasteiger partial charge in [-0.15, -0.1) is 54.1 Å². The zero-order valence-electron chi connectivity index (χ0n) is 36.5. The number of hydrogen-bond donors (Lipinski definition) is 0. The molecule has 0 bridgehead atoms. The van der Waals surface area contributed by atoms with Crippen molar-refractivity contribution in [1.82, 2.24) is 14.5 Å². The molecule has 6 heteroatoms. The van der Waals surface area contributed by atoms with E-state index in [0.29, 0.717) is 28.7 Å². The normalized spacial score (nSPS) is 13.6. The minimum Gasteiger partial charge on any atom is -0.497 e. The van der Waals surface area contributed by atoms with Gasteiger partial charge >= 0.3 is 0 Å². The molecule has 4 nitrogen and oxygen atoms in total. The van der Waals surface area contributed by atoms with Gasteiger partial charge < -0.3 is 14.0 Å². The summed E-state index contributed by atoms with van der Waals surface area (Å²) in [4.78, 5) is 9.29.